The molecule has 1 aromatic rings. The molecule has 10 heteroatoms. The summed E-state index contributed by atoms with van der Waals surface area (Å²) in [7, 11) is -0.674. The highest BCUT2D eigenvalue weighted by Crippen LogP contribution is 2.39. The van der Waals surface area contributed by atoms with E-state index in [1.54, 1.807) is 25.1 Å². The summed E-state index contributed by atoms with van der Waals surface area (Å²) >= 11 is 0. The highest BCUT2D eigenvalue weighted by Gasteiger charge is 2.51. The monoisotopic (exact) mass is 453 g/mol. The van der Waals surface area contributed by atoms with Gasteiger partial charge >= 0.3 is 0 Å². The summed E-state index contributed by atoms with van der Waals surface area (Å²) in [5, 5.41) is 3.04. The third-order valence-corrected chi connectivity index (χ3v) is 7.88. The van der Waals surface area contributed by atoms with Crippen LogP contribution in [0.1, 0.15) is 39.5 Å². The van der Waals surface area contributed by atoms with Crippen molar-refractivity contribution in [1.29, 1.82) is 0 Å². The van der Waals surface area contributed by atoms with Crippen LogP contribution < -0.4 is 19.7 Å². The molecule has 9 nitrogen and oxygen atoms in total. The molecule has 2 aliphatic rings. The minimum absolute atomic E-state index is 0.0252. The van der Waals surface area contributed by atoms with Gasteiger partial charge < -0.3 is 14.8 Å². The molecule has 1 unspecified atom stereocenters. The van der Waals surface area contributed by atoms with Crippen LogP contribution in [-0.4, -0.2) is 69.2 Å². The van der Waals surface area contributed by atoms with E-state index in [9.17, 15) is 18.0 Å². The predicted octanol–water partition coefficient (Wildman–Crippen LogP) is 1.52. The normalized spacial score (nSPS) is 23.1. The first-order valence-corrected chi connectivity index (χ1v) is 12.1. The number of benzene rings is 1. The largest absolute Gasteiger partial charge is 0.497 e. The summed E-state index contributed by atoms with van der Waals surface area (Å²) in [5.74, 6) is -0.110. The molecule has 2 fully saturated rings. The molecule has 172 valence electrons. The number of carbonyl (C=O) groups is 2. The van der Waals surface area contributed by atoms with Gasteiger partial charge in [0.25, 0.3) is 0 Å². The van der Waals surface area contributed by atoms with Gasteiger partial charge in [-0.25, -0.2) is 8.42 Å². The van der Waals surface area contributed by atoms with Crippen LogP contribution in [0.3, 0.4) is 0 Å². The van der Waals surface area contributed by atoms with Crippen molar-refractivity contribution < 1.29 is 27.5 Å². The van der Waals surface area contributed by atoms with E-state index in [-0.39, 0.29) is 30.8 Å². The second kappa shape index (κ2) is 9.04. The molecule has 1 aliphatic heterocycles. The molecule has 1 saturated heterocycles. The van der Waals surface area contributed by atoms with Gasteiger partial charge in [0.15, 0.2) is 0 Å². The molecule has 1 aromatic carbocycles. The van der Waals surface area contributed by atoms with E-state index in [4.69, 9.17) is 9.47 Å². The molecule has 31 heavy (non-hydrogen) atoms. The molecule has 3 rings (SSSR count). The molecule has 0 aromatic heterocycles. The van der Waals surface area contributed by atoms with E-state index in [0.717, 1.165) is 30.0 Å². The van der Waals surface area contributed by atoms with E-state index >= 15 is 0 Å². The van der Waals surface area contributed by atoms with Crippen LogP contribution >= 0.6 is 0 Å². The van der Waals surface area contributed by atoms with Crippen molar-refractivity contribution in [3.8, 4) is 11.5 Å². The number of nitrogens with one attached hydrogen (secondary N) is 1. The van der Waals surface area contributed by atoms with Gasteiger partial charge in [-0.2, -0.15) is 4.31 Å². The summed E-state index contributed by atoms with van der Waals surface area (Å²) in [5.41, 5.74) is -1.05. The molecule has 2 amide bonds. The summed E-state index contributed by atoms with van der Waals surface area (Å²) in [6.07, 6.45) is 3.82. The zero-order chi connectivity index (χ0) is 22.8. The number of hydrogen-bond acceptors (Lipinski definition) is 6. The van der Waals surface area contributed by atoms with Gasteiger partial charge in [-0.05, 0) is 38.8 Å². The van der Waals surface area contributed by atoms with Crippen molar-refractivity contribution >= 4 is 27.5 Å². The number of anilines is 1. The number of hydrogen-bond donors (Lipinski definition) is 1. The number of rotatable bonds is 7. The van der Waals surface area contributed by atoms with Gasteiger partial charge in [0.2, 0.25) is 21.8 Å². The lowest BCUT2D eigenvalue weighted by Gasteiger charge is -2.47. The Hall–Kier alpha value is -2.33. The fraction of sp³-hybridized carbons (Fsp3) is 0.619. The fourth-order valence-electron chi connectivity index (χ4n) is 4.30. The Kier molecular flexibility index (Phi) is 6.80. The Labute approximate surface area is 183 Å². The molecule has 1 N–H and O–H groups in total. The SMILES string of the molecule is CCS(=O)(=O)N1CC(=O)N(c2ccc(OC)cc2OC)C(C)(C(=O)NC2CCCC2)C1. The second-order valence-corrected chi connectivity index (χ2v) is 10.4. The van der Waals surface area contributed by atoms with E-state index in [2.05, 4.69) is 5.32 Å². The molecule has 0 radical (unpaired) electrons. The Morgan fingerprint density at radius 2 is 1.90 bits per heavy atom. The van der Waals surface area contributed by atoms with Crippen molar-refractivity contribution in [3.05, 3.63) is 18.2 Å². The van der Waals surface area contributed by atoms with Gasteiger partial charge in [-0.15, -0.1) is 0 Å². The van der Waals surface area contributed by atoms with Crippen LogP contribution in [0.5, 0.6) is 11.5 Å². The molecule has 1 heterocycles. The molecule has 0 bridgehead atoms. The highest BCUT2D eigenvalue weighted by molar-refractivity contribution is 7.89. The first-order valence-electron chi connectivity index (χ1n) is 10.5. The third kappa shape index (κ3) is 4.50. The summed E-state index contributed by atoms with van der Waals surface area (Å²) in [6.45, 7) is 2.66. The highest BCUT2D eigenvalue weighted by atomic mass is 32.2. The van der Waals surface area contributed by atoms with Gasteiger partial charge in [-0.1, -0.05) is 12.8 Å². The van der Waals surface area contributed by atoms with Crippen molar-refractivity contribution in [3.63, 3.8) is 0 Å². The Morgan fingerprint density at radius 3 is 2.48 bits per heavy atom. The summed E-state index contributed by atoms with van der Waals surface area (Å²) < 4.78 is 37.0. The number of amides is 2. The maximum Gasteiger partial charge on any atom is 0.247 e. The summed E-state index contributed by atoms with van der Waals surface area (Å²) in [6, 6.07) is 4.99. The molecular weight excluding hydrogens is 422 g/mol. The van der Waals surface area contributed by atoms with Gasteiger partial charge in [0.05, 0.1) is 32.2 Å². The van der Waals surface area contributed by atoms with E-state index in [0.29, 0.717) is 17.2 Å². The average molecular weight is 454 g/mol. The van der Waals surface area contributed by atoms with Crippen LogP contribution in [0.2, 0.25) is 0 Å². The number of nitrogens with zero attached hydrogens (tertiary/aromatic N) is 2. The number of piperazine rings is 1. The van der Waals surface area contributed by atoms with Gasteiger partial charge in [0, 0.05) is 18.7 Å². The molecule has 0 spiro atoms. The average Bonchev–Trinajstić information content (AvgIpc) is 3.26. The first-order chi connectivity index (χ1) is 14.7. The molecule has 1 aliphatic carbocycles. The zero-order valence-corrected chi connectivity index (χ0v) is 19.3. The van der Waals surface area contributed by atoms with Crippen LogP contribution in [-0.2, 0) is 19.6 Å². The lowest BCUT2D eigenvalue weighted by atomic mass is 9.93. The lowest BCUT2D eigenvalue weighted by molar-refractivity contribution is -0.133. The maximum atomic E-state index is 13.5. The van der Waals surface area contributed by atoms with Crippen LogP contribution in [0.15, 0.2) is 18.2 Å². The minimum atomic E-state index is -3.66. The van der Waals surface area contributed by atoms with E-state index in [1.165, 1.54) is 26.0 Å². The Bertz CT molecular complexity index is 944. The van der Waals surface area contributed by atoms with E-state index in [1.807, 2.05) is 0 Å². The third-order valence-electron chi connectivity index (χ3n) is 6.10. The van der Waals surface area contributed by atoms with Crippen molar-refractivity contribution in [1.82, 2.24) is 9.62 Å². The maximum absolute atomic E-state index is 13.5. The first kappa shape index (κ1) is 23.3. The number of ether oxygens (including phenoxy) is 2. The number of methoxy groups -OCH3 is 2. The smallest absolute Gasteiger partial charge is 0.247 e. The van der Waals surface area contributed by atoms with Crippen LogP contribution in [0.25, 0.3) is 0 Å². The van der Waals surface area contributed by atoms with Gasteiger partial charge in [-0.3, -0.25) is 14.5 Å². The quantitative estimate of drug-likeness (QED) is 0.671. The standard InChI is InChI=1S/C21H31N3O6S/c1-5-31(27,28)23-13-19(25)24(17-11-10-16(29-3)12-18(17)30-4)21(2,14-23)20(26)22-15-8-6-7-9-15/h10-12,15H,5-9,13-14H2,1-4H3,(H,22,26). The topological polar surface area (TPSA) is 105 Å². The Balaban J connectivity index is 2.06. The number of sulfonamides is 1. The van der Waals surface area contributed by atoms with Crippen LogP contribution in [0.4, 0.5) is 5.69 Å². The zero-order valence-electron chi connectivity index (χ0n) is 18.5. The Morgan fingerprint density at radius 1 is 1.23 bits per heavy atom. The fourth-order valence-corrected chi connectivity index (χ4v) is 5.42. The summed E-state index contributed by atoms with van der Waals surface area (Å²) in [4.78, 5) is 28.2. The molecular formula is C21H31N3O6S. The molecule has 1 saturated carbocycles. The van der Waals surface area contributed by atoms with Crippen LogP contribution in [0, 0.1) is 0 Å². The van der Waals surface area contributed by atoms with E-state index < -0.39 is 21.5 Å². The molecule has 1 atom stereocenters. The minimum Gasteiger partial charge on any atom is -0.497 e. The van der Waals surface area contributed by atoms with Crippen molar-refractivity contribution in [2.24, 2.45) is 0 Å². The van der Waals surface area contributed by atoms with Crippen molar-refractivity contribution in [2.75, 3.05) is 38.0 Å². The predicted molar refractivity (Wildman–Crippen MR) is 117 cm³/mol. The van der Waals surface area contributed by atoms with Crippen molar-refractivity contribution in [2.45, 2.75) is 51.1 Å². The number of carbonyl (C=O) groups excluding carboxylic acids is 2. The lowest BCUT2D eigenvalue weighted by Crippen LogP contribution is -2.70. The second-order valence-electron chi connectivity index (χ2n) is 8.16. The van der Waals surface area contributed by atoms with Gasteiger partial charge in [0.1, 0.15) is 17.0 Å².